The van der Waals surface area contributed by atoms with Crippen molar-refractivity contribution in [1.29, 1.82) is 0 Å². The summed E-state index contributed by atoms with van der Waals surface area (Å²) in [6.07, 6.45) is 2.42. The van der Waals surface area contributed by atoms with Gasteiger partial charge >= 0.3 is 0 Å². The van der Waals surface area contributed by atoms with E-state index in [0.29, 0.717) is 0 Å². The summed E-state index contributed by atoms with van der Waals surface area (Å²) in [5.41, 5.74) is 8.84. The fourth-order valence-electron chi connectivity index (χ4n) is 4.67. The molecule has 0 aliphatic carbocycles. The van der Waals surface area contributed by atoms with E-state index >= 15 is 0 Å². The van der Waals surface area contributed by atoms with Gasteiger partial charge in [-0.15, -0.1) is 0 Å². The number of benzene rings is 3. The Kier molecular flexibility index (Phi) is 6.03. The van der Waals surface area contributed by atoms with Crippen LogP contribution < -0.4 is 0 Å². The molecule has 0 N–H and O–H groups in total. The van der Waals surface area contributed by atoms with E-state index in [9.17, 15) is 0 Å². The van der Waals surface area contributed by atoms with Gasteiger partial charge in [-0.2, -0.15) is 0 Å². The highest BCUT2D eigenvalue weighted by atomic mass is 15.1. The Morgan fingerprint density at radius 1 is 0.897 bits per heavy atom. The third-order valence-corrected chi connectivity index (χ3v) is 6.62. The van der Waals surface area contributed by atoms with Crippen LogP contribution in [0.4, 0.5) is 0 Å². The number of rotatable bonds is 6. The SMILES string of the molecule is Cc1cc2c(cc1C)CN(CCCN(C)Cc1c(C)ccc3ccccc13)CC2. The van der Waals surface area contributed by atoms with Gasteiger partial charge < -0.3 is 4.90 Å². The molecule has 1 heterocycles. The first kappa shape index (κ1) is 20.1. The monoisotopic (exact) mass is 386 g/mol. The Balaban J connectivity index is 1.32. The van der Waals surface area contributed by atoms with Gasteiger partial charge in [-0.25, -0.2) is 0 Å². The van der Waals surface area contributed by atoms with Crippen LogP contribution >= 0.6 is 0 Å². The summed E-state index contributed by atoms with van der Waals surface area (Å²) in [4.78, 5) is 5.12. The molecule has 0 aromatic heterocycles. The minimum absolute atomic E-state index is 1.02. The van der Waals surface area contributed by atoms with Gasteiger partial charge in [-0.3, -0.25) is 4.90 Å². The predicted octanol–water partition coefficient (Wildman–Crippen LogP) is 5.65. The molecule has 4 rings (SSSR count). The molecule has 0 saturated heterocycles. The van der Waals surface area contributed by atoms with Crippen LogP contribution in [0.5, 0.6) is 0 Å². The average molecular weight is 387 g/mol. The molecule has 0 bridgehead atoms. The van der Waals surface area contributed by atoms with Crippen LogP contribution in [0.25, 0.3) is 10.8 Å². The van der Waals surface area contributed by atoms with Crippen molar-refractivity contribution in [2.24, 2.45) is 0 Å². The van der Waals surface area contributed by atoms with Gasteiger partial charge in [0, 0.05) is 19.6 Å². The van der Waals surface area contributed by atoms with E-state index < -0.39 is 0 Å². The Labute approximate surface area is 176 Å². The molecule has 0 atom stereocenters. The molecule has 2 nitrogen and oxygen atoms in total. The van der Waals surface area contributed by atoms with Gasteiger partial charge in [0.05, 0.1) is 0 Å². The van der Waals surface area contributed by atoms with Gasteiger partial charge in [0.25, 0.3) is 0 Å². The summed E-state index contributed by atoms with van der Waals surface area (Å²) in [5, 5.41) is 2.75. The van der Waals surface area contributed by atoms with Crippen molar-refractivity contribution in [3.63, 3.8) is 0 Å². The van der Waals surface area contributed by atoms with Crippen molar-refractivity contribution in [2.75, 3.05) is 26.7 Å². The van der Waals surface area contributed by atoms with Crippen molar-refractivity contribution in [3.8, 4) is 0 Å². The highest BCUT2D eigenvalue weighted by Gasteiger charge is 2.17. The van der Waals surface area contributed by atoms with Gasteiger partial charge in [0.15, 0.2) is 0 Å². The molecule has 3 aromatic rings. The number of hydrogen-bond donors (Lipinski definition) is 0. The summed E-state index contributed by atoms with van der Waals surface area (Å²) in [6, 6.07) is 18.1. The molecule has 152 valence electrons. The topological polar surface area (TPSA) is 6.48 Å². The lowest BCUT2D eigenvalue weighted by atomic mass is 9.94. The second-order valence-electron chi connectivity index (χ2n) is 8.90. The molecule has 3 aromatic carbocycles. The summed E-state index contributed by atoms with van der Waals surface area (Å²) in [5.74, 6) is 0. The molecular formula is C27H34N2. The third-order valence-electron chi connectivity index (χ3n) is 6.62. The normalized spacial score (nSPS) is 14.5. The maximum atomic E-state index is 2.63. The quantitative estimate of drug-likeness (QED) is 0.540. The summed E-state index contributed by atoms with van der Waals surface area (Å²) >= 11 is 0. The zero-order valence-corrected chi connectivity index (χ0v) is 18.5. The summed E-state index contributed by atoms with van der Waals surface area (Å²) in [6.45, 7) is 12.4. The minimum Gasteiger partial charge on any atom is -0.302 e. The molecule has 0 saturated carbocycles. The second-order valence-corrected chi connectivity index (χ2v) is 8.90. The van der Waals surface area contributed by atoms with Crippen LogP contribution in [0.2, 0.25) is 0 Å². The van der Waals surface area contributed by atoms with E-state index in [1.165, 1.54) is 59.0 Å². The van der Waals surface area contributed by atoms with Crippen LogP contribution in [-0.2, 0) is 19.5 Å². The first-order valence-electron chi connectivity index (χ1n) is 11.0. The van der Waals surface area contributed by atoms with Crippen molar-refractivity contribution in [3.05, 3.63) is 81.9 Å². The molecule has 0 radical (unpaired) electrons. The van der Waals surface area contributed by atoms with Gasteiger partial charge in [0.1, 0.15) is 0 Å². The van der Waals surface area contributed by atoms with Crippen LogP contribution in [0.15, 0.2) is 48.5 Å². The lowest BCUT2D eigenvalue weighted by Crippen LogP contribution is -2.33. The molecule has 1 aliphatic heterocycles. The van der Waals surface area contributed by atoms with E-state index in [0.717, 1.165) is 19.6 Å². The minimum atomic E-state index is 1.02. The van der Waals surface area contributed by atoms with Gasteiger partial charge in [-0.1, -0.05) is 48.5 Å². The van der Waals surface area contributed by atoms with Crippen molar-refractivity contribution >= 4 is 10.8 Å². The second kappa shape index (κ2) is 8.69. The Morgan fingerprint density at radius 3 is 2.48 bits per heavy atom. The van der Waals surface area contributed by atoms with Crippen molar-refractivity contribution in [2.45, 2.75) is 46.7 Å². The molecule has 0 amide bonds. The standard InChI is InChI=1S/C27H34N2/c1-20-10-11-23-8-5-6-9-26(23)27(20)19-28(4)13-7-14-29-15-12-24-16-21(2)22(3)17-25(24)18-29/h5-6,8-11,16-17H,7,12-15,18-19H2,1-4H3. The predicted molar refractivity (Wildman–Crippen MR) is 125 cm³/mol. The van der Waals surface area contributed by atoms with E-state index in [1.807, 2.05) is 0 Å². The molecular weight excluding hydrogens is 352 g/mol. The van der Waals surface area contributed by atoms with E-state index in [2.05, 4.69) is 86.1 Å². The Bertz CT molecular complexity index is 1000. The highest BCUT2D eigenvalue weighted by Crippen LogP contribution is 2.24. The molecule has 0 unspecified atom stereocenters. The molecule has 1 aliphatic rings. The molecule has 0 spiro atoms. The lowest BCUT2D eigenvalue weighted by molar-refractivity contribution is 0.228. The lowest BCUT2D eigenvalue weighted by Gasteiger charge is -2.30. The smallest absolute Gasteiger partial charge is 0.0239 e. The zero-order chi connectivity index (χ0) is 20.4. The van der Waals surface area contributed by atoms with Crippen LogP contribution in [0, 0.1) is 20.8 Å². The third kappa shape index (κ3) is 4.55. The number of nitrogens with zero attached hydrogens (tertiary/aromatic N) is 2. The summed E-state index contributed by atoms with van der Waals surface area (Å²) in [7, 11) is 2.26. The van der Waals surface area contributed by atoms with Crippen LogP contribution in [0.3, 0.4) is 0 Å². The van der Waals surface area contributed by atoms with Crippen molar-refractivity contribution in [1.82, 2.24) is 9.80 Å². The fourth-order valence-corrected chi connectivity index (χ4v) is 4.67. The molecule has 0 fully saturated rings. The highest BCUT2D eigenvalue weighted by molar-refractivity contribution is 5.86. The average Bonchev–Trinajstić information content (AvgIpc) is 2.71. The maximum Gasteiger partial charge on any atom is 0.0239 e. The van der Waals surface area contributed by atoms with E-state index in [4.69, 9.17) is 0 Å². The van der Waals surface area contributed by atoms with Crippen LogP contribution in [0.1, 0.15) is 39.8 Å². The first-order valence-corrected chi connectivity index (χ1v) is 11.0. The Hall–Kier alpha value is -2.16. The number of aryl methyl sites for hydroxylation is 3. The van der Waals surface area contributed by atoms with Gasteiger partial charge in [-0.05, 0) is 97.9 Å². The van der Waals surface area contributed by atoms with Gasteiger partial charge in [0.2, 0.25) is 0 Å². The van der Waals surface area contributed by atoms with Crippen molar-refractivity contribution < 1.29 is 0 Å². The number of hydrogen-bond acceptors (Lipinski definition) is 2. The maximum absolute atomic E-state index is 2.63. The first-order chi connectivity index (χ1) is 14.0. The largest absolute Gasteiger partial charge is 0.302 e. The summed E-state index contributed by atoms with van der Waals surface area (Å²) < 4.78 is 0. The fraction of sp³-hybridized carbons (Fsp3) is 0.407. The Morgan fingerprint density at radius 2 is 1.66 bits per heavy atom. The molecule has 2 heteroatoms. The molecule has 29 heavy (non-hydrogen) atoms. The number of fused-ring (bicyclic) bond motifs is 2. The van der Waals surface area contributed by atoms with Crippen LogP contribution in [-0.4, -0.2) is 36.5 Å². The van der Waals surface area contributed by atoms with E-state index in [1.54, 1.807) is 11.1 Å². The zero-order valence-electron chi connectivity index (χ0n) is 18.5. The van der Waals surface area contributed by atoms with E-state index in [-0.39, 0.29) is 0 Å².